The molecule has 2 unspecified atom stereocenters. The van der Waals surface area contributed by atoms with Crippen molar-refractivity contribution in [2.75, 3.05) is 26.0 Å². The van der Waals surface area contributed by atoms with Crippen molar-refractivity contribution in [3.8, 4) is 0 Å². The van der Waals surface area contributed by atoms with Crippen molar-refractivity contribution in [2.45, 2.75) is 89.1 Å². The van der Waals surface area contributed by atoms with Crippen molar-refractivity contribution in [3.63, 3.8) is 0 Å². The van der Waals surface area contributed by atoms with Gasteiger partial charge in [-0.25, -0.2) is 4.79 Å². The lowest BCUT2D eigenvalue weighted by molar-refractivity contribution is -0.140. The normalized spacial score (nSPS) is 24.8. The molecule has 1 aliphatic carbocycles. The number of thioether (sulfide) groups is 1. The largest absolute Gasteiger partial charge is 0.453 e. The van der Waals surface area contributed by atoms with E-state index in [1.807, 2.05) is 13.8 Å². The summed E-state index contributed by atoms with van der Waals surface area (Å²) in [7, 11) is 1.29. The summed E-state index contributed by atoms with van der Waals surface area (Å²) in [5.41, 5.74) is 5.98. The molecule has 0 bridgehead atoms. The van der Waals surface area contributed by atoms with Crippen LogP contribution in [0, 0.1) is 11.8 Å². The first-order valence-corrected chi connectivity index (χ1v) is 12.9. The Morgan fingerprint density at radius 1 is 1.16 bits per heavy atom. The number of carbonyl (C=O) groups excluding carboxylic acids is 3. The summed E-state index contributed by atoms with van der Waals surface area (Å²) in [6, 6.07) is -1.01. The molecule has 0 spiro atoms. The molecule has 1 saturated carbocycles. The molecule has 4 N–H and O–H groups in total. The second-order valence-corrected chi connectivity index (χ2v) is 11.8. The fourth-order valence-electron chi connectivity index (χ4n) is 4.40. The van der Waals surface area contributed by atoms with Crippen molar-refractivity contribution in [3.05, 3.63) is 0 Å². The van der Waals surface area contributed by atoms with E-state index in [1.54, 1.807) is 16.7 Å². The van der Waals surface area contributed by atoms with Gasteiger partial charge in [-0.3, -0.25) is 9.59 Å². The zero-order valence-corrected chi connectivity index (χ0v) is 21.1. The van der Waals surface area contributed by atoms with E-state index in [2.05, 4.69) is 24.5 Å². The summed E-state index contributed by atoms with van der Waals surface area (Å²) < 4.78 is 4.23. The number of likely N-dealkylation sites (tertiary alicyclic amines) is 1. The third kappa shape index (κ3) is 7.54. The Morgan fingerprint density at radius 2 is 1.81 bits per heavy atom. The van der Waals surface area contributed by atoms with Gasteiger partial charge in [0.1, 0.15) is 12.1 Å². The molecule has 8 nitrogen and oxygen atoms in total. The SMILES string of the molecule is COC(=O)NC(C(=O)N1CCCC1C(=O)NCC1CCC(N)CC1)C(C)(C)SCC(C)C. The molecule has 184 valence electrons. The van der Waals surface area contributed by atoms with Crippen LogP contribution in [0.25, 0.3) is 0 Å². The van der Waals surface area contributed by atoms with Crippen LogP contribution in [-0.2, 0) is 14.3 Å². The lowest BCUT2D eigenvalue weighted by Gasteiger charge is -2.37. The Kier molecular flexibility index (Phi) is 10.1. The van der Waals surface area contributed by atoms with Crippen molar-refractivity contribution < 1.29 is 19.1 Å². The van der Waals surface area contributed by atoms with Crippen molar-refractivity contribution >= 4 is 29.7 Å². The zero-order chi connectivity index (χ0) is 23.9. The number of nitrogens with one attached hydrogen (secondary N) is 2. The molecule has 2 fully saturated rings. The maximum atomic E-state index is 13.6. The van der Waals surface area contributed by atoms with E-state index < -0.39 is 22.9 Å². The molecule has 32 heavy (non-hydrogen) atoms. The molecule has 0 aromatic rings. The Bertz CT molecular complexity index is 650. The highest BCUT2D eigenvalue weighted by Gasteiger charge is 2.44. The smallest absolute Gasteiger partial charge is 0.407 e. The molecular formula is C23H42N4O4S. The molecular weight excluding hydrogens is 428 g/mol. The van der Waals surface area contributed by atoms with E-state index in [0.717, 1.165) is 37.9 Å². The maximum Gasteiger partial charge on any atom is 0.407 e. The maximum absolute atomic E-state index is 13.6. The quantitative estimate of drug-likeness (QED) is 0.477. The van der Waals surface area contributed by atoms with E-state index in [9.17, 15) is 14.4 Å². The monoisotopic (exact) mass is 470 g/mol. The van der Waals surface area contributed by atoms with Crippen LogP contribution >= 0.6 is 11.8 Å². The van der Waals surface area contributed by atoms with Crippen LogP contribution in [-0.4, -0.2) is 71.6 Å². The fourth-order valence-corrected chi connectivity index (χ4v) is 5.49. The lowest BCUT2D eigenvalue weighted by Crippen LogP contribution is -2.60. The number of methoxy groups -OCH3 is 1. The molecule has 1 aliphatic heterocycles. The lowest BCUT2D eigenvalue weighted by atomic mass is 9.86. The second-order valence-electron chi connectivity index (χ2n) is 10.1. The molecule has 2 atom stereocenters. The number of amides is 3. The standard InChI is InChI=1S/C23H42N4O4S/c1-15(2)14-32-23(3,4)19(26-22(30)31-5)21(29)27-12-6-7-18(27)20(28)25-13-16-8-10-17(24)11-9-16/h15-19H,6-14,24H2,1-5H3,(H,25,28)(H,26,30). The van der Waals surface area contributed by atoms with Gasteiger partial charge in [0, 0.05) is 23.9 Å². The summed E-state index contributed by atoms with van der Waals surface area (Å²) in [5, 5.41) is 5.81. The van der Waals surface area contributed by atoms with Gasteiger partial charge >= 0.3 is 6.09 Å². The summed E-state index contributed by atoms with van der Waals surface area (Å²) in [6.45, 7) is 9.29. The molecule has 0 radical (unpaired) electrons. The summed E-state index contributed by atoms with van der Waals surface area (Å²) in [6.07, 6.45) is 4.82. The minimum absolute atomic E-state index is 0.102. The Balaban J connectivity index is 2.06. The molecule has 1 heterocycles. The topological polar surface area (TPSA) is 114 Å². The average Bonchev–Trinajstić information content (AvgIpc) is 3.25. The Hall–Kier alpha value is -1.48. The molecule has 2 aliphatic rings. The van der Waals surface area contributed by atoms with Gasteiger partial charge in [0.2, 0.25) is 11.8 Å². The molecule has 2 rings (SSSR count). The first kappa shape index (κ1) is 26.8. The van der Waals surface area contributed by atoms with Gasteiger partial charge in [-0.1, -0.05) is 13.8 Å². The predicted molar refractivity (Wildman–Crippen MR) is 128 cm³/mol. The zero-order valence-electron chi connectivity index (χ0n) is 20.3. The van der Waals surface area contributed by atoms with E-state index in [0.29, 0.717) is 31.3 Å². The number of hydrogen-bond donors (Lipinski definition) is 3. The van der Waals surface area contributed by atoms with E-state index in [-0.39, 0.29) is 17.9 Å². The van der Waals surface area contributed by atoms with Crippen molar-refractivity contribution in [1.29, 1.82) is 0 Å². The fraction of sp³-hybridized carbons (Fsp3) is 0.870. The van der Waals surface area contributed by atoms with E-state index >= 15 is 0 Å². The average molecular weight is 471 g/mol. The van der Waals surface area contributed by atoms with E-state index in [1.165, 1.54) is 7.11 Å². The van der Waals surface area contributed by atoms with Crippen LogP contribution < -0.4 is 16.4 Å². The highest BCUT2D eigenvalue weighted by atomic mass is 32.2. The van der Waals surface area contributed by atoms with Gasteiger partial charge in [0.15, 0.2) is 0 Å². The van der Waals surface area contributed by atoms with Gasteiger partial charge in [-0.2, -0.15) is 11.8 Å². The van der Waals surface area contributed by atoms with Crippen LogP contribution in [0.1, 0.15) is 66.2 Å². The van der Waals surface area contributed by atoms with Crippen LogP contribution in [0.15, 0.2) is 0 Å². The first-order valence-electron chi connectivity index (χ1n) is 11.9. The van der Waals surface area contributed by atoms with E-state index in [4.69, 9.17) is 10.5 Å². The molecule has 3 amide bonds. The second kappa shape index (κ2) is 12.1. The van der Waals surface area contributed by atoms with Gasteiger partial charge in [0.05, 0.1) is 7.11 Å². The van der Waals surface area contributed by atoms with Crippen LogP contribution in [0.2, 0.25) is 0 Å². The summed E-state index contributed by atoms with van der Waals surface area (Å²) >= 11 is 1.64. The predicted octanol–water partition coefficient (Wildman–Crippen LogP) is 2.50. The number of hydrogen-bond acceptors (Lipinski definition) is 6. The molecule has 1 saturated heterocycles. The van der Waals surface area contributed by atoms with Gasteiger partial charge in [-0.15, -0.1) is 0 Å². The van der Waals surface area contributed by atoms with Gasteiger partial charge in [-0.05, 0) is 70.0 Å². The Labute approximate surface area is 197 Å². The van der Waals surface area contributed by atoms with Gasteiger partial charge in [0.25, 0.3) is 0 Å². The third-order valence-corrected chi connectivity index (χ3v) is 8.29. The number of carbonyl (C=O) groups is 3. The Morgan fingerprint density at radius 3 is 2.41 bits per heavy atom. The van der Waals surface area contributed by atoms with Crippen LogP contribution in [0.4, 0.5) is 4.79 Å². The minimum Gasteiger partial charge on any atom is -0.453 e. The van der Waals surface area contributed by atoms with Crippen molar-refractivity contribution in [1.82, 2.24) is 15.5 Å². The third-order valence-electron chi connectivity index (χ3n) is 6.47. The van der Waals surface area contributed by atoms with Crippen LogP contribution in [0.3, 0.4) is 0 Å². The number of ether oxygens (including phenoxy) is 1. The number of rotatable bonds is 9. The minimum atomic E-state index is -0.785. The highest BCUT2D eigenvalue weighted by Crippen LogP contribution is 2.32. The number of alkyl carbamates (subject to hydrolysis) is 1. The van der Waals surface area contributed by atoms with Crippen molar-refractivity contribution in [2.24, 2.45) is 17.6 Å². The van der Waals surface area contributed by atoms with Crippen LogP contribution in [0.5, 0.6) is 0 Å². The number of nitrogens with two attached hydrogens (primary N) is 1. The molecule has 0 aromatic carbocycles. The summed E-state index contributed by atoms with van der Waals surface area (Å²) in [5.74, 6) is 1.43. The highest BCUT2D eigenvalue weighted by molar-refractivity contribution is 8.00. The molecule has 0 aromatic heterocycles. The summed E-state index contributed by atoms with van der Waals surface area (Å²) in [4.78, 5) is 40.3. The number of nitrogens with zero attached hydrogens (tertiary/aromatic N) is 1. The first-order chi connectivity index (χ1) is 15.0. The van der Waals surface area contributed by atoms with Gasteiger partial charge < -0.3 is 26.0 Å². The molecule has 9 heteroatoms.